The molecule has 1 aliphatic rings. The van der Waals surface area contributed by atoms with Crippen molar-refractivity contribution in [2.24, 2.45) is 10.9 Å². The molecular formula is C20H30IN5OS. The largest absolute Gasteiger partial charge is 0.495 e. The molecule has 1 aliphatic heterocycles. The third-order valence-electron chi connectivity index (χ3n) is 4.97. The third-order valence-corrected chi connectivity index (χ3v) is 6.05. The standard InChI is InChI=1S/C20H29N5OS.HI/c1-14-15(2)27-19(24-14)12-23-20(21-3)22-11-16-9-10-25(13-16)17-7-5-6-8-18(17)26-4;/h5-8,16H,9-13H2,1-4H3,(H2,21,22,23);1H. The van der Waals surface area contributed by atoms with E-state index in [1.165, 1.54) is 10.6 Å². The zero-order chi connectivity index (χ0) is 19.2. The number of anilines is 1. The first kappa shape index (κ1) is 22.7. The summed E-state index contributed by atoms with van der Waals surface area (Å²) in [7, 11) is 3.54. The van der Waals surface area contributed by atoms with Crippen LogP contribution >= 0.6 is 35.3 Å². The van der Waals surface area contributed by atoms with Crippen molar-refractivity contribution in [3.05, 3.63) is 39.8 Å². The molecule has 1 fully saturated rings. The quantitative estimate of drug-likeness (QED) is 0.350. The SMILES string of the molecule is CN=C(NCc1nc(C)c(C)s1)NCC1CCN(c2ccccc2OC)C1.I. The average molecular weight is 515 g/mol. The van der Waals surface area contributed by atoms with Gasteiger partial charge in [-0.2, -0.15) is 0 Å². The van der Waals surface area contributed by atoms with Gasteiger partial charge in [0.05, 0.1) is 25.0 Å². The molecule has 28 heavy (non-hydrogen) atoms. The highest BCUT2D eigenvalue weighted by atomic mass is 127. The summed E-state index contributed by atoms with van der Waals surface area (Å²) in [5.74, 6) is 2.35. The molecule has 3 rings (SSSR count). The van der Waals surface area contributed by atoms with E-state index in [1.54, 1.807) is 18.4 Å². The Kier molecular flexibility index (Phi) is 8.81. The molecule has 0 radical (unpaired) electrons. The number of guanidine groups is 1. The lowest BCUT2D eigenvalue weighted by Crippen LogP contribution is -2.39. The molecule has 0 saturated carbocycles. The molecule has 1 atom stereocenters. The van der Waals surface area contributed by atoms with Crippen LogP contribution in [0.5, 0.6) is 5.75 Å². The van der Waals surface area contributed by atoms with Crippen LogP contribution in [0.2, 0.25) is 0 Å². The van der Waals surface area contributed by atoms with Crippen LogP contribution in [0.15, 0.2) is 29.3 Å². The highest BCUT2D eigenvalue weighted by Gasteiger charge is 2.24. The van der Waals surface area contributed by atoms with Gasteiger partial charge >= 0.3 is 0 Å². The summed E-state index contributed by atoms with van der Waals surface area (Å²) in [6, 6.07) is 8.23. The van der Waals surface area contributed by atoms with E-state index in [2.05, 4.69) is 51.5 Å². The van der Waals surface area contributed by atoms with Gasteiger partial charge in [-0.05, 0) is 38.3 Å². The lowest BCUT2D eigenvalue weighted by atomic mass is 10.1. The van der Waals surface area contributed by atoms with Crippen molar-refractivity contribution in [1.82, 2.24) is 15.6 Å². The maximum Gasteiger partial charge on any atom is 0.191 e. The maximum atomic E-state index is 5.50. The fourth-order valence-corrected chi connectivity index (χ4v) is 4.22. The van der Waals surface area contributed by atoms with Crippen molar-refractivity contribution in [2.75, 3.05) is 38.7 Å². The lowest BCUT2D eigenvalue weighted by Gasteiger charge is -2.21. The van der Waals surface area contributed by atoms with Crippen LogP contribution in [0.3, 0.4) is 0 Å². The Hall–Kier alpha value is -1.55. The summed E-state index contributed by atoms with van der Waals surface area (Å²) in [5, 5.41) is 7.92. The van der Waals surface area contributed by atoms with E-state index in [-0.39, 0.29) is 24.0 Å². The normalized spacial score (nSPS) is 16.6. The third kappa shape index (κ3) is 5.73. The second-order valence-corrected chi connectivity index (χ2v) is 8.12. The van der Waals surface area contributed by atoms with Crippen LogP contribution in [0.1, 0.15) is 22.0 Å². The smallest absolute Gasteiger partial charge is 0.191 e. The number of aromatic nitrogens is 1. The number of aryl methyl sites for hydroxylation is 2. The Labute approximate surface area is 188 Å². The number of nitrogens with one attached hydrogen (secondary N) is 2. The molecule has 2 N–H and O–H groups in total. The van der Waals surface area contributed by atoms with Gasteiger partial charge in [0.25, 0.3) is 0 Å². The first-order chi connectivity index (χ1) is 13.1. The summed E-state index contributed by atoms with van der Waals surface area (Å²) in [6.45, 7) is 7.84. The minimum Gasteiger partial charge on any atom is -0.495 e. The van der Waals surface area contributed by atoms with Crippen molar-refractivity contribution < 1.29 is 4.74 Å². The van der Waals surface area contributed by atoms with Crippen molar-refractivity contribution >= 4 is 47.0 Å². The number of methoxy groups -OCH3 is 1. The van der Waals surface area contributed by atoms with E-state index >= 15 is 0 Å². The fourth-order valence-electron chi connectivity index (χ4n) is 3.34. The van der Waals surface area contributed by atoms with Gasteiger partial charge in [-0.1, -0.05) is 12.1 Å². The highest BCUT2D eigenvalue weighted by molar-refractivity contribution is 14.0. The molecular weight excluding hydrogens is 485 g/mol. The van der Waals surface area contributed by atoms with Gasteiger partial charge in [-0.15, -0.1) is 35.3 Å². The monoisotopic (exact) mass is 515 g/mol. The first-order valence-electron chi connectivity index (χ1n) is 9.36. The molecule has 1 aromatic carbocycles. The molecule has 0 aliphatic carbocycles. The Morgan fingerprint density at radius 1 is 1.32 bits per heavy atom. The molecule has 154 valence electrons. The average Bonchev–Trinajstić information content (AvgIpc) is 3.28. The number of aliphatic imine (C=N–C) groups is 1. The second-order valence-electron chi connectivity index (χ2n) is 6.83. The minimum atomic E-state index is 0. The maximum absolute atomic E-state index is 5.50. The van der Waals surface area contributed by atoms with Crippen molar-refractivity contribution in [3.63, 3.8) is 0 Å². The fraction of sp³-hybridized carbons (Fsp3) is 0.500. The van der Waals surface area contributed by atoms with Crippen LogP contribution in [0.4, 0.5) is 5.69 Å². The lowest BCUT2D eigenvalue weighted by molar-refractivity contribution is 0.414. The van der Waals surface area contributed by atoms with Crippen LogP contribution in [-0.4, -0.2) is 44.7 Å². The van der Waals surface area contributed by atoms with Crippen LogP contribution in [0, 0.1) is 19.8 Å². The Bertz CT molecular complexity index is 775. The van der Waals surface area contributed by atoms with E-state index in [0.29, 0.717) is 12.5 Å². The number of nitrogens with zero attached hydrogens (tertiary/aromatic N) is 3. The predicted molar refractivity (Wildman–Crippen MR) is 129 cm³/mol. The zero-order valence-electron chi connectivity index (χ0n) is 17.0. The number of halogens is 1. The highest BCUT2D eigenvalue weighted by Crippen LogP contribution is 2.31. The van der Waals surface area contributed by atoms with Gasteiger partial charge in [-0.3, -0.25) is 4.99 Å². The number of hydrogen-bond acceptors (Lipinski definition) is 5. The summed E-state index contributed by atoms with van der Waals surface area (Å²) in [5.41, 5.74) is 2.29. The number of thiazole rings is 1. The van der Waals surface area contributed by atoms with Gasteiger partial charge in [0.2, 0.25) is 0 Å². The molecule has 0 spiro atoms. The Balaban J connectivity index is 0.00000280. The van der Waals surface area contributed by atoms with E-state index in [9.17, 15) is 0 Å². The minimum absolute atomic E-state index is 0. The molecule has 2 heterocycles. The van der Waals surface area contributed by atoms with Gasteiger partial charge in [-0.25, -0.2) is 4.98 Å². The number of rotatable bonds is 6. The number of para-hydroxylation sites is 2. The van der Waals surface area contributed by atoms with Crippen LogP contribution < -0.4 is 20.3 Å². The Morgan fingerprint density at radius 2 is 2.11 bits per heavy atom. The molecule has 0 bridgehead atoms. The molecule has 1 unspecified atom stereocenters. The van der Waals surface area contributed by atoms with Gasteiger partial charge < -0.3 is 20.3 Å². The molecule has 6 nitrogen and oxygen atoms in total. The predicted octanol–water partition coefficient (Wildman–Crippen LogP) is 3.58. The molecule has 1 saturated heterocycles. The van der Waals surface area contributed by atoms with Crippen LogP contribution in [-0.2, 0) is 6.54 Å². The summed E-state index contributed by atoms with van der Waals surface area (Å²) >= 11 is 1.74. The van der Waals surface area contributed by atoms with Crippen molar-refractivity contribution in [3.8, 4) is 5.75 Å². The topological polar surface area (TPSA) is 61.8 Å². The van der Waals surface area contributed by atoms with E-state index in [1.807, 2.05) is 19.2 Å². The summed E-state index contributed by atoms with van der Waals surface area (Å²) < 4.78 is 5.50. The van der Waals surface area contributed by atoms with Crippen molar-refractivity contribution in [2.45, 2.75) is 26.8 Å². The van der Waals surface area contributed by atoms with E-state index < -0.39 is 0 Å². The Morgan fingerprint density at radius 3 is 2.79 bits per heavy atom. The summed E-state index contributed by atoms with van der Waals surface area (Å²) in [6.07, 6.45) is 1.16. The second kappa shape index (κ2) is 10.8. The van der Waals surface area contributed by atoms with Gasteiger partial charge in [0, 0.05) is 31.6 Å². The number of benzene rings is 1. The first-order valence-corrected chi connectivity index (χ1v) is 10.2. The van der Waals surface area contributed by atoms with E-state index in [4.69, 9.17) is 4.74 Å². The molecule has 1 aromatic heterocycles. The van der Waals surface area contributed by atoms with Crippen molar-refractivity contribution in [1.29, 1.82) is 0 Å². The number of ether oxygens (including phenoxy) is 1. The zero-order valence-corrected chi connectivity index (χ0v) is 20.1. The van der Waals surface area contributed by atoms with Crippen LogP contribution in [0.25, 0.3) is 0 Å². The molecule has 0 amide bonds. The van der Waals surface area contributed by atoms with Gasteiger partial charge in [0.1, 0.15) is 10.8 Å². The number of hydrogen-bond donors (Lipinski definition) is 2. The van der Waals surface area contributed by atoms with E-state index in [0.717, 1.165) is 48.5 Å². The van der Waals surface area contributed by atoms with Gasteiger partial charge in [0.15, 0.2) is 5.96 Å². The summed E-state index contributed by atoms with van der Waals surface area (Å²) in [4.78, 5) is 12.6. The molecule has 2 aromatic rings. The molecule has 8 heteroatoms.